The van der Waals surface area contributed by atoms with Crippen molar-refractivity contribution in [3.05, 3.63) is 54.2 Å². The maximum Gasteiger partial charge on any atom is 0.237 e. The summed E-state index contributed by atoms with van der Waals surface area (Å²) in [7, 11) is 0. The first-order chi connectivity index (χ1) is 16.0. The highest BCUT2D eigenvalue weighted by atomic mass is 32.2. The van der Waals surface area contributed by atoms with Crippen LogP contribution in [0.15, 0.2) is 52.2 Å². The molecule has 2 aromatic heterocycles. The van der Waals surface area contributed by atoms with Gasteiger partial charge in [-0.3, -0.25) is 14.2 Å². The molecule has 1 fully saturated rings. The van der Waals surface area contributed by atoms with E-state index in [1.54, 1.807) is 6.26 Å². The molecule has 0 spiro atoms. The van der Waals surface area contributed by atoms with Gasteiger partial charge in [-0.15, -0.1) is 10.2 Å². The number of benzene rings is 1. The van der Waals surface area contributed by atoms with Crippen LogP contribution in [0.4, 0.5) is 16.0 Å². The molecule has 3 aromatic rings. The van der Waals surface area contributed by atoms with Gasteiger partial charge in [0, 0.05) is 31.7 Å². The van der Waals surface area contributed by atoms with Crippen LogP contribution in [0.5, 0.6) is 0 Å². The number of nitrogens with zero attached hydrogens (tertiary/aromatic N) is 5. The molecule has 9 nitrogen and oxygen atoms in total. The molecule has 174 valence electrons. The van der Waals surface area contributed by atoms with E-state index in [-0.39, 0.29) is 24.6 Å². The van der Waals surface area contributed by atoms with E-state index in [2.05, 4.69) is 15.1 Å². The zero-order valence-corrected chi connectivity index (χ0v) is 18.8. The molecule has 0 radical (unpaired) electrons. The summed E-state index contributed by atoms with van der Waals surface area (Å²) in [5.74, 6) is 0.405. The van der Waals surface area contributed by atoms with Crippen molar-refractivity contribution in [2.24, 2.45) is 5.73 Å². The Kier molecular flexibility index (Phi) is 7.28. The average molecular weight is 473 g/mol. The van der Waals surface area contributed by atoms with Crippen LogP contribution in [0.25, 0.3) is 0 Å². The molecule has 1 aromatic carbocycles. The molecule has 0 aliphatic carbocycles. The van der Waals surface area contributed by atoms with E-state index in [4.69, 9.17) is 10.2 Å². The molecule has 33 heavy (non-hydrogen) atoms. The Morgan fingerprint density at radius 2 is 1.91 bits per heavy atom. The van der Waals surface area contributed by atoms with Crippen molar-refractivity contribution in [2.75, 3.05) is 35.2 Å². The first-order valence-electron chi connectivity index (χ1n) is 10.7. The van der Waals surface area contributed by atoms with Crippen LogP contribution in [0.2, 0.25) is 0 Å². The van der Waals surface area contributed by atoms with Gasteiger partial charge >= 0.3 is 0 Å². The van der Waals surface area contributed by atoms with Gasteiger partial charge in [-0.05, 0) is 49.2 Å². The number of carbonyl (C=O) groups is 2. The van der Waals surface area contributed by atoms with Crippen molar-refractivity contribution in [2.45, 2.75) is 31.0 Å². The Balaban J connectivity index is 1.51. The molecule has 1 aliphatic rings. The predicted octanol–water partition coefficient (Wildman–Crippen LogP) is 2.66. The van der Waals surface area contributed by atoms with Crippen LogP contribution in [-0.2, 0) is 16.1 Å². The Labute approximate surface area is 194 Å². The van der Waals surface area contributed by atoms with Gasteiger partial charge < -0.3 is 20.0 Å². The lowest BCUT2D eigenvalue weighted by Gasteiger charge is -2.22. The second kappa shape index (κ2) is 10.5. The first-order valence-corrected chi connectivity index (χ1v) is 11.7. The molecule has 11 heteroatoms. The lowest BCUT2D eigenvalue weighted by atomic mass is 10.2. The number of hydrogen-bond acceptors (Lipinski definition) is 7. The molecule has 4 rings (SSSR count). The molecule has 0 unspecified atom stereocenters. The number of aromatic nitrogens is 3. The zero-order valence-electron chi connectivity index (χ0n) is 18.0. The van der Waals surface area contributed by atoms with Gasteiger partial charge in [0.2, 0.25) is 17.8 Å². The van der Waals surface area contributed by atoms with Crippen molar-refractivity contribution in [1.29, 1.82) is 0 Å². The van der Waals surface area contributed by atoms with E-state index in [9.17, 15) is 14.0 Å². The topological polar surface area (TPSA) is 110 Å². The summed E-state index contributed by atoms with van der Waals surface area (Å²) in [4.78, 5) is 28.0. The van der Waals surface area contributed by atoms with Crippen LogP contribution >= 0.6 is 11.8 Å². The second-order valence-electron chi connectivity index (χ2n) is 7.67. The van der Waals surface area contributed by atoms with Gasteiger partial charge in [0.15, 0.2) is 5.16 Å². The summed E-state index contributed by atoms with van der Waals surface area (Å²) < 4.78 is 20.8. The maximum absolute atomic E-state index is 13.4. The number of furan rings is 1. The lowest BCUT2D eigenvalue weighted by molar-refractivity contribution is -0.118. The number of primary amides is 1. The van der Waals surface area contributed by atoms with Crippen molar-refractivity contribution < 1.29 is 18.4 Å². The van der Waals surface area contributed by atoms with Crippen molar-refractivity contribution in [3.8, 4) is 0 Å². The molecule has 2 N–H and O–H groups in total. The summed E-state index contributed by atoms with van der Waals surface area (Å²) in [5, 5.41) is 9.30. The Morgan fingerprint density at radius 1 is 1.15 bits per heavy atom. The van der Waals surface area contributed by atoms with Crippen LogP contribution < -0.4 is 15.5 Å². The van der Waals surface area contributed by atoms with E-state index < -0.39 is 11.7 Å². The quantitative estimate of drug-likeness (QED) is 0.452. The monoisotopic (exact) mass is 472 g/mol. The molecule has 1 aliphatic heterocycles. The van der Waals surface area contributed by atoms with E-state index in [1.165, 1.54) is 40.9 Å². The van der Waals surface area contributed by atoms with Gasteiger partial charge in [0.25, 0.3) is 0 Å². The lowest BCUT2D eigenvalue weighted by Crippen LogP contribution is -2.35. The van der Waals surface area contributed by atoms with Crippen LogP contribution in [0.1, 0.15) is 25.0 Å². The van der Waals surface area contributed by atoms with Crippen molar-refractivity contribution >= 4 is 35.2 Å². The summed E-state index contributed by atoms with van der Waals surface area (Å²) in [6.45, 7) is 2.38. The summed E-state index contributed by atoms with van der Waals surface area (Å²) >= 11 is 1.26. The normalized spacial score (nSPS) is 13.4. The van der Waals surface area contributed by atoms with Gasteiger partial charge in [0.05, 0.1) is 18.6 Å². The smallest absolute Gasteiger partial charge is 0.237 e. The molecule has 0 bridgehead atoms. The van der Waals surface area contributed by atoms with Crippen LogP contribution in [0, 0.1) is 5.82 Å². The third-order valence-electron chi connectivity index (χ3n) is 5.33. The molecular weight excluding hydrogens is 447 g/mol. The number of rotatable bonds is 10. The number of amides is 2. The van der Waals surface area contributed by atoms with Crippen LogP contribution in [-0.4, -0.2) is 52.0 Å². The fourth-order valence-corrected chi connectivity index (χ4v) is 4.49. The zero-order chi connectivity index (χ0) is 23.2. The Morgan fingerprint density at radius 3 is 2.58 bits per heavy atom. The fraction of sp³-hybridized carbons (Fsp3) is 0.364. The van der Waals surface area contributed by atoms with E-state index in [1.807, 2.05) is 16.7 Å². The highest BCUT2D eigenvalue weighted by molar-refractivity contribution is 7.99. The van der Waals surface area contributed by atoms with Gasteiger partial charge in [0.1, 0.15) is 11.6 Å². The fourth-order valence-electron chi connectivity index (χ4n) is 3.68. The average Bonchev–Trinajstić information content (AvgIpc) is 3.56. The number of halogens is 1. The van der Waals surface area contributed by atoms with E-state index in [0.29, 0.717) is 17.4 Å². The molecular formula is C22H25FN6O3S. The standard InChI is InChI=1S/C22H25FN6O3S/c23-16-5-7-17(8-6-16)28(12-9-19(24)30)20(31)15-33-22-26-25-21(27-10-1-2-11-27)29(22)14-18-4-3-13-32-18/h3-8,13H,1-2,9-12,14-15H2,(H2,24,30). The molecule has 2 amide bonds. The Bertz CT molecular complexity index is 1080. The van der Waals surface area contributed by atoms with Crippen molar-refractivity contribution in [1.82, 2.24) is 14.8 Å². The number of thioether (sulfide) groups is 1. The summed E-state index contributed by atoms with van der Waals surface area (Å²) in [6.07, 6.45) is 3.81. The molecule has 1 saturated heterocycles. The van der Waals surface area contributed by atoms with Gasteiger partial charge in [-0.1, -0.05) is 11.8 Å². The minimum atomic E-state index is -0.518. The number of hydrogen-bond donors (Lipinski definition) is 1. The number of anilines is 2. The second-order valence-corrected chi connectivity index (χ2v) is 8.61. The van der Waals surface area contributed by atoms with E-state index >= 15 is 0 Å². The van der Waals surface area contributed by atoms with Gasteiger partial charge in [-0.25, -0.2) is 4.39 Å². The minimum absolute atomic E-state index is 0.00155. The largest absolute Gasteiger partial charge is 0.467 e. The van der Waals surface area contributed by atoms with E-state index in [0.717, 1.165) is 37.6 Å². The summed E-state index contributed by atoms with van der Waals surface area (Å²) in [6, 6.07) is 9.26. The minimum Gasteiger partial charge on any atom is -0.467 e. The number of carbonyl (C=O) groups excluding carboxylic acids is 2. The SMILES string of the molecule is NC(=O)CCN(C(=O)CSc1nnc(N2CCCC2)n1Cc1ccco1)c1ccc(F)cc1. The predicted molar refractivity (Wildman–Crippen MR) is 123 cm³/mol. The summed E-state index contributed by atoms with van der Waals surface area (Å²) in [5.41, 5.74) is 5.78. The first kappa shape index (κ1) is 22.8. The highest BCUT2D eigenvalue weighted by Gasteiger charge is 2.24. The number of nitrogens with two attached hydrogens (primary N) is 1. The Hall–Kier alpha value is -3.34. The highest BCUT2D eigenvalue weighted by Crippen LogP contribution is 2.27. The molecule has 0 atom stereocenters. The maximum atomic E-state index is 13.4. The van der Waals surface area contributed by atoms with Crippen molar-refractivity contribution in [3.63, 3.8) is 0 Å². The molecule has 0 saturated carbocycles. The van der Waals surface area contributed by atoms with Gasteiger partial charge in [-0.2, -0.15) is 0 Å². The third kappa shape index (κ3) is 5.72. The third-order valence-corrected chi connectivity index (χ3v) is 6.28. The van der Waals surface area contributed by atoms with Crippen LogP contribution in [0.3, 0.4) is 0 Å². The molecule has 3 heterocycles.